The first-order valence-electron chi connectivity index (χ1n) is 5.61. The fourth-order valence-corrected chi connectivity index (χ4v) is 3.31. The van der Waals surface area contributed by atoms with Crippen molar-refractivity contribution in [3.63, 3.8) is 0 Å². The summed E-state index contributed by atoms with van der Waals surface area (Å²) in [7, 11) is 0. The average molecular weight is 230 g/mol. The third kappa shape index (κ3) is 2.58. The van der Waals surface area contributed by atoms with Crippen molar-refractivity contribution in [3.05, 3.63) is 0 Å². The monoisotopic (exact) mass is 230 g/mol. The Kier molecular flexibility index (Phi) is 3.75. The molecule has 2 N–H and O–H groups in total. The lowest BCUT2D eigenvalue weighted by Gasteiger charge is -2.17. The van der Waals surface area contributed by atoms with Gasteiger partial charge in [0.05, 0.1) is 12.1 Å². The Bertz CT molecular complexity index is 237. The van der Waals surface area contributed by atoms with Gasteiger partial charge in [0.25, 0.3) is 0 Å². The number of nitrogens with one attached hydrogen (secondary N) is 2. The molecule has 0 aromatic rings. The van der Waals surface area contributed by atoms with E-state index in [1.54, 1.807) is 11.8 Å². The number of rotatable bonds is 5. The molecule has 2 heterocycles. The van der Waals surface area contributed by atoms with E-state index in [0.717, 1.165) is 18.8 Å². The van der Waals surface area contributed by atoms with Crippen molar-refractivity contribution in [2.75, 3.05) is 12.4 Å². The largest absolute Gasteiger partial charge is 0.365 e. The predicted octanol–water partition coefficient (Wildman–Crippen LogP) is 1.32. The van der Waals surface area contributed by atoms with Crippen LogP contribution in [0.3, 0.4) is 0 Å². The Morgan fingerprint density at radius 3 is 3.13 bits per heavy atom. The molecular weight excluding hydrogens is 212 g/mol. The van der Waals surface area contributed by atoms with E-state index >= 15 is 0 Å². The van der Waals surface area contributed by atoms with Gasteiger partial charge in [-0.05, 0) is 6.42 Å². The Morgan fingerprint density at radius 2 is 2.33 bits per heavy atom. The summed E-state index contributed by atoms with van der Waals surface area (Å²) < 4.78 is 5.78. The molecule has 3 atom stereocenters. The van der Waals surface area contributed by atoms with Gasteiger partial charge in [-0.25, -0.2) is 4.79 Å². The lowest BCUT2D eigenvalue weighted by Crippen LogP contribution is -2.38. The first kappa shape index (κ1) is 11.1. The van der Waals surface area contributed by atoms with Crippen LogP contribution in [-0.4, -0.2) is 35.9 Å². The van der Waals surface area contributed by atoms with Crippen molar-refractivity contribution in [2.45, 2.75) is 43.7 Å². The third-order valence-electron chi connectivity index (χ3n) is 2.81. The van der Waals surface area contributed by atoms with Crippen LogP contribution in [0.4, 0.5) is 4.79 Å². The van der Waals surface area contributed by atoms with Gasteiger partial charge in [0.15, 0.2) is 0 Å². The summed E-state index contributed by atoms with van der Waals surface area (Å²) in [6.07, 6.45) is 3.55. The zero-order valence-corrected chi connectivity index (χ0v) is 9.81. The van der Waals surface area contributed by atoms with Gasteiger partial charge in [-0.1, -0.05) is 19.8 Å². The maximum absolute atomic E-state index is 11.1. The molecule has 0 spiro atoms. The number of carbonyl (C=O) groups excluding carboxylic acids is 1. The standard InChI is InChI=1S/C10H18N2O2S/c1-2-3-4-5-14-9-8-7(6-15-9)11-10(13)12-8/h7-9H,2-6H2,1H3,(H2,11,12,13)/t7-,8-,9?/m1/s1. The van der Waals surface area contributed by atoms with Gasteiger partial charge in [-0.15, -0.1) is 11.8 Å². The lowest BCUT2D eigenvalue weighted by atomic mass is 10.2. The van der Waals surface area contributed by atoms with Gasteiger partial charge in [-0.3, -0.25) is 0 Å². The van der Waals surface area contributed by atoms with Gasteiger partial charge >= 0.3 is 6.03 Å². The molecule has 2 aliphatic rings. The van der Waals surface area contributed by atoms with Crippen LogP contribution in [0.25, 0.3) is 0 Å². The molecule has 4 nitrogen and oxygen atoms in total. The third-order valence-corrected chi connectivity index (χ3v) is 4.12. The highest BCUT2D eigenvalue weighted by atomic mass is 32.2. The smallest absolute Gasteiger partial charge is 0.315 e. The number of thioether (sulfide) groups is 1. The molecule has 0 bridgehead atoms. The minimum atomic E-state index is -0.0486. The van der Waals surface area contributed by atoms with E-state index in [2.05, 4.69) is 17.6 Å². The van der Waals surface area contributed by atoms with Gasteiger partial charge < -0.3 is 15.4 Å². The number of hydrogen-bond acceptors (Lipinski definition) is 3. The number of amides is 2. The van der Waals surface area contributed by atoms with Crippen LogP contribution >= 0.6 is 11.8 Å². The van der Waals surface area contributed by atoms with Crippen molar-refractivity contribution in [2.24, 2.45) is 0 Å². The first-order chi connectivity index (χ1) is 7.31. The quantitative estimate of drug-likeness (QED) is 0.553. The summed E-state index contributed by atoms with van der Waals surface area (Å²) in [6, 6.07) is 0.384. The van der Waals surface area contributed by atoms with Crippen molar-refractivity contribution in [3.8, 4) is 0 Å². The minimum absolute atomic E-state index is 0.0486. The molecule has 0 aromatic heterocycles. The Morgan fingerprint density at radius 1 is 1.47 bits per heavy atom. The SMILES string of the molecule is CCCCCOC1SC[C@H]2NC(=O)N[C@@H]12. The molecule has 86 valence electrons. The van der Waals surface area contributed by atoms with Crippen molar-refractivity contribution >= 4 is 17.8 Å². The van der Waals surface area contributed by atoms with Crippen LogP contribution < -0.4 is 10.6 Å². The van der Waals surface area contributed by atoms with Crippen LogP contribution in [0.2, 0.25) is 0 Å². The van der Waals surface area contributed by atoms with Crippen molar-refractivity contribution in [1.82, 2.24) is 10.6 Å². The van der Waals surface area contributed by atoms with Gasteiger partial charge in [0, 0.05) is 12.4 Å². The van der Waals surface area contributed by atoms with Crippen LogP contribution in [0, 0.1) is 0 Å². The summed E-state index contributed by atoms with van der Waals surface area (Å²) in [5.74, 6) is 0.960. The van der Waals surface area contributed by atoms with Crippen LogP contribution in [0.1, 0.15) is 26.2 Å². The van der Waals surface area contributed by atoms with E-state index in [-0.39, 0.29) is 23.6 Å². The summed E-state index contributed by atoms with van der Waals surface area (Å²) in [6.45, 7) is 2.99. The molecule has 5 heteroatoms. The van der Waals surface area contributed by atoms with Crippen LogP contribution in [0.5, 0.6) is 0 Å². The van der Waals surface area contributed by atoms with Gasteiger partial charge in [-0.2, -0.15) is 0 Å². The summed E-state index contributed by atoms with van der Waals surface area (Å²) >= 11 is 1.80. The van der Waals surface area contributed by atoms with Crippen molar-refractivity contribution in [1.29, 1.82) is 0 Å². The Balaban J connectivity index is 1.72. The Labute approximate surface area is 94.5 Å². The topological polar surface area (TPSA) is 50.4 Å². The number of unbranched alkanes of at least 4 members (excludes halogenated alkanes) is 2. The van der Waals surface area contributed by atoms with E-state index in [9.17, 15) is 4.79 Å². The minimum Gasteiger partial charge on any atom is -0.365 e. The molecule has 2 fully saturated rings. The molecule has 0 saturated carbocycles. The fraction of sp³-hybridized carbons (Fsp3) is 0.900. The number of carbonyl (C=O) groups is 1. The van der Waals surface area contributed by atoms with E-state index in [1.165, 1.54) is 12.8 Å². The molecule has 1 unspecified atom stereocenters. The zero-order valence-electron chi connectivity index (χ0n) is 8.99. The molecule has 2 amide bonds. The zero-order chi connectivity index (χ0) is 10.7. The summed E-state index contributed by atoms with van der Waals surface area (Å²) in [5, 5.41) is 5.81. The molecule has 2 rings (SSSR count). The second-order valence-electron chi connectivity index (χ2n) is 4.03. The number of ether oxygens (including phenoxy) is 1. The maximum atomic E-state index is 11.1. The van der Waals surface area contributed by atoms with Crippen molar-refractivity contribution < 1.29 is 9.53 Å². The molecular formula is C10H18N2O2S. The number of urea groups is 1. The van der Waals surface area contributed by atoms with Crippen LogP contribution in [-0.2, 0) is 4.74 Å². The molecule has 2 saturated heterocycles. The normalized spacial score (nSPS) is 33.7. The lowest BCUT2D eigenvalue weighted by molar-refractivity contribution is 0.0907. The highest BCUT2D eigenvalue weighted by Crippen LogP contribution is 2.30. The highest BCUT2D eigenvalue weighted by molar-refractivity contribution is 8.00. The van der Waals surface area contributed by atoms with E-state index in [1.807, 2.05) is 0 Å². The van der Waals surface area contributed by atoms with E-state index in [4.69, 9.17) is 4.74 Å². The molecule has 15 heavy (non-hydrogen) atoms. The fourth-order valence-electron chi connectivity index (χ4n) is 1.96. The molecule has 0 radical (unpaired) electrons. The second-order valence-corrected chi connectivity index (χ2v) is 5.16. The Hall–Kier alpha value is -0.420. The van der Waals surface area contributed by atoms with Gasteiger partial charge in [0.2, 0.25) is 0 Å². The molecule has 0 aromatic carbocycles. The maximum Gasteiger partial charge on any atom is 0.315 e. The highest BCUT2D eigenvalue weighted by Gasteiger charge is 2.43. The predicted molar refractivity (Wildman–Crippen MR) is 61.0 cm³/mol. The van der Waals surface area contributed by atoms with E-state index in [0.29, 0.717) is 0 Å². The number of hydrogen-bond donors (Lipinski definition) is 2. The molecule has 2 aliphatic heterocycles. The number of fused-ring (bicyclic) bond motifs is 1. The molecule has 0 aliphatic carbocycles. The summed E-state index contributed by atoms with van der Waals surface area (Å²) in [4.78, 5) is 11.1. The first-order valence-corrected chi connectivity index (χ1v) is 6.66. The average Bonchev–Trinajstić information content (AvgIpc) is 2.73. The second kappa shape index (κ2) is 5.07. The van der Waals surface area contributed by atoms with Gasteiger partial charge in [0.1, 0.15) is 5.44 Å². The summed E-state index contributed by atoms with van der Waals surface area (Å²) in [5.41, 5.74) is 0.144. The van der Waals surface area contributed by atoms with Crippen LogP contribution in [0.15, 0.2) is 0 Å². The van der Waals surface area contributed by atoms with E-state index < -0.39 is 0 Å².